The van der Waals surface area contributed by atoms with Crippen molar-refractivity contribution in [3.63, 3.8) is 0 Å². The maximum absolute atomic E-state index is 12.9. The number of piperidine rings is 1. The van der Waals surface area contributed by atoms with Gasteiger partial charge < -0.3 is 10.6 Å². The zero-order valence-electron chi connectivity index (χ0n) is 18.6. The quantitative estimate of drug-likeness (QED) is 0.629. The number of aryl methyl sites for hydroxylation is 1. The van der Waals surface area contributed by atoms with Gasteiger partial charge in [-0.25, -0.2) is 0 Å². The summed E-state index contributed by atoms with van der Waals surface area (Å²) in [5.41, 5.74) is 10.9. The van der Waals surface area contributed by atoms with Crippen molar-refractivity contribution in [1.82, 2.24) is 4.90 Å². The summed E-state index contributed by atoms with van der Waals surface area (Å²) in [6.07, 6.45) is 2.16. The van der Waals surface area contributed by atoms with Gasteiger partial charge in [-0.15, -0.1) is 0 Å². The van der Waals surface area contributed by atoms with E-state index in [1.54, 1.807) is 0 Å². The number of rotatable bonds is 6. The van der Waals surface area contributed by atoms with Gasteiger partial charge in [0.1, 0.15) is 0 Å². The number of hydrogen-bond donors (Lipinski definition) is 1. The second kappa shape index (κ2) is 9.39. The van der Waals surface area contributed by atoms with Crippen LogP contribution in [0.5, 0.6) is 0 Å². The molecule has 3 aromatic rings. The molecule has 3 aromatic carbocycles. The molecule has 0 aliphatic carbocycles. The largest absolute Gasteiger partial charge is 0.369 e. The molecule has 1 fully saturated rings. The van der Waals surface area contributed by atoms with Crippen molar-refractivity contribution in [2.45, 2.75) is 32.6 Å². The Balaban J connectivity index is 1.49. The summed E-state index contributed by atoms with van der Waals surface area (Å²) < 4.78 is 0. The Bertz CT molecular complexity index is 1100. The van der Waals surface area contributed by atoms with Gasteiger partial charge in [0.15, 0.2) is 0 Å². The van der Waals surface area contributed by atoms with Crippen LogP contribution in [0.25, 0.3) is 11.1 Å². The van der Waals surface area contributed by atoms with Crippen molar-refractivity contribution in [2.24, 2.45) is 11.1 Å². The van der Waals surface area contributed by atoms with Crippen LogP contribution in [0.2, 0.25) is 0 Å². The first-order valence-corrected chi connectivity index (χ1v) is 11.2. The second-order valence-electron chi connectivity index (χ2n) is 8.89. The molecule has 164 valence electrons. The second-order valence-corrected chi connectivity index (χ2v) is 8.89. The van der Waals surface area contributed by atoms with Gasteiger partial charge in [0.05, 0.1) is 11.8 Å². The smallest absolute Gasteiger partial charge is 0.226 e. The van der Waals surface area contributed by atoms with Crippen LogP contribution in [0, 0.1) is 12.3 Å². The summed E-state index contributed by atoms with van der Waals surface area (Å²) in [5.74, 6) is -0.162. The average molecular weight is 427 g/mol. The predicted molar refractivity (Wildman–Crippen MR) is 128 cm³/mol. The molecule has 1 aliphatic heterocycles. The van der Waals surface area contributed by atoms with Gasteiger partial charge in [-0.3, -0.25) is 9.59 Å². The Morgan fingerprint density at radius 2 is 1.59 bits per heavy atom. The van der Waals surface area contributed by atoms with Crippen LogP contribution in [0.4, 0.5) is 0 Å². The highest BCUT2D eigenvalue weighted by atomic mass is 16.2. The maximum Gasteiger partial charge on any atom is 0.226 e. The van der Waals surface area contributed by atoms with E-state index in [0.29, 0.717) is 38.8 Å². The highest BCUT2D eigenvalue weighted by molar-refractivity contribution is 5.83. The lowest BCUT2D eigenvalue weighted by Gasteiger charge is -2.40. The fourth-order valence-corrected chi connectivity index (χ4v) is 4.74. The minimum Gasteiger partial charge on any atom is -0.369 e. The normalized spacial score (nSPS) is 15.3. The van der Waals surface area contributed by atoms with E-state index in [1.807, 2.05) is 60.4 Å². The van der Waals surface area contributed by atoms with E-state index in [9.17, 15) is 9.59 Å². The average Bonchev–Trinajstić information content (AvgIpc) is 2.80. The van der Waals surface area contributed by atoms with Gasteiger partial charge >= 0.3 is 0 Å². The van der Waals surface area contributed by atoms with Gasteiger partial charge in [0.2, 0.25) is 11.8 Å². The molecular weight excluding hydrogens is 396 g/mol. The number of amides is 2. The van der Waals surface area contributed by atoms with Gasteiger partial charge in [0.25, 0.3) is 0 Å². The fraction of sp³-hybridized carbons (Fsp3) is 0.286. The summed E-state index contributed by atoms with van der Waals surface area (Å²) in [5, 5.41) is 0. The van der Waals surface area contributed by atoms with Crippen molar-refractivity contribution >= 4 is 11.8 Å². The molecule has 4 rings (SSSR count). The molecule has 4 heteroatoms. The van der Waals surface area contributed by atoms with Gasteiger partial charge in [-0.1, -0.05) is 84.4 Å². The molecular formula is C28H30N2O2. The first kappa shape index (κ1) is 21.8. The number of hydrogen-bond acceptors (Lipinski definition) is 2. The van der Waals surface area contributed by atoms with E-state index < -0.39 is 5.41 Å². The van der Waals surface area contributed by atoms with Gasteiger partial charge in [-0.2, -0.15) is 0 Å². The van der Waals surface area contributed by atoms with E-state index >= 15 is 0 Å². The van der Waals surface area contributed by atoms with Gasteiger partial charge in [-0.05, 0) is 48.4 Å². The number of nitrogens with two attached hydrogens (primary N) is 1. The molecule has 0 spiro atoms. The van der Waals surface area contributed by atoms with Crippen LogP contribution in [0.1, 0.15) is 29.5 Å². The third kappa shape index (κ3) is 4.75. The topological polar surface area (TPSA) is 63.4 Å². The molecule has 0 aromatic heterocycles. The van der Waals surface area contributed by atoms with Crippen LogP contribution in [0.15, 0.2) is 78.9 Å². The molecule has 1 aliphatic rings. The number of carbonyl (C=O) groups excluding carboxylic acids is 2. The van der Waals surface area contributed by atoms with Crippen LogP contribution >= 0.6 is 0 Å². The molecule has 2 amide bonds. The van der Waals surface area contributed by atoms with Crippen LogP contribution < -0.4 is 5.73 Å². The maximum atomic E-state index is 12.9. The lowest BCUT2D eigenvalue weighted by atomic mass is 9.72. The lowest BCUT2D eigenvalue weighted by molar-refractivity contribution is -0.138. The molecule has 2 N–H and O–H groups in total. The summed E-state index contributed by atoms with van der Waals surface area (Å²) in [6, 6.07) is 26.5. The Morgan fingerprint density at radius 1 is 0.906 bits per heavy atom. The van der Waals surface area contributed by atoms with Crippen molar-refractivity contribution in [3.8, 4) is 11.1 Å². The lowest BCUT2D eigenvalue weighted by Crippen LogP contribution is -2.50. The first-order valence-electron chi connectivity index (χ1n) is 11.2. The molecule has 4 nitrogen and oxygen atoms in total. The molecule has 32 heavy (non-hydrogen) atoms. The summed E-state index contributed by atoms with van der Waals surface area (Å²) >= 11 is 0. The Morgan fingerprint density at radius 3 is 2.28 bits per heavy atom. The summed E-state index contributed by atoms with van der Waals surface area (Å²) in [7, 11) is 0. The molecule has 0 bridgehead atoms. The van der Waals surface area contributed by atoms with E-state index in [-0.39, 0.29) is 11.8 Å². The molecule has 1 heterocycles. The Labute approximate surface area is 190 Å². The highest BCUT2D eigenvalue weighted by Crippen LogP contribution is 2.38. The van der Waals surface area contributed by atoms with E-state index in [0.717, 1.165) is 27.8 Å². The summed E-state index contributed by atoms with van der Waals surface area (Å²) in [6.45, 7) is 3.14. The van der Waals surface area contributed by atoms with Crippen molar-refractivity contribution in [3.05, 3.63) is 95.6 Å². The van der Waals surface area contributed by atoms with Crippen LogP contribution in [-0.2, 0) is 22.4 Å². The fourth-order valence-electron chi connectivity index (χ4n) is 4.74. The van der Waals surface area contributed by atoms with Crippen molar-refractivity contribution < 1.29 is 9.59 Å². The predicted octanol–water partition coefficient (Wildman–Crippen LogP) is 4.54. The molecule has 0 saturated carbocycles. The van der Waals surface area contributed by atoms with Crippen LogP contribution in [-0.4, -0.2) is 29.8 Å². The number of likely N-dealkylation sites (tertiary alicyclic amines) is 1. The first-order chi connectivity index (χ1) is 15.5. The minimum absolute atomic E-state index is 0.110. The third-order valence-electron chi connectivity index (χ3n) is 6.66. The summed E-state index contributed by atoms with van der Waals surface area (Å²) in [4.78, 5) is 27.4. The molecule has 0 radical (unpaired) electrons. The zero-order chi connectivity index (χ0) is 22.6. The van der Waals surface area contributed by atoms with E-state index in [2.05, 4.69) is 30.3 Å². The van der Waals surface area contributed by atoms with Crippen molar-refractivity contribution in [2.75, 3.05) is 13.1 Å². The minimum atomic E-state index is -0.634. The van der Waals surface area contributed by atoms with E-state index in [1.165, 1.54) is 0 Å². The SMILES string of the molecule is Cc1cccc(CC(=O)N2CCC(Cc3ccccc3-c3ccccc3)(C(N)=O)CC2)c1. The van der Waals surface area contributed by atoms with E-state index in [4.69, 9.17) is 5.73 Å². The number of benzene rings is 3. The molecule has 0 unspecified atom stereocenters. The number of primary amides is 1. The van der Waals surface area contributed by atoms with Crippen molar-refractivity contribution in [1.29, 1.82) is 0 Å². The zero-order valence-corrected chi connectivity index (χ0v) is 18.6. The van der Waals surface area contributed by atoms with Crippen LogP contribution in [0.3, 0.4) is 0 Å². The third-order valence-corrected chi connectivity index (χ3v) is 6.66. The molecule has 0 atom stereocenters. The Hall–Kier alpha value is -3.40. The monoisotopic (exact) mass is 426 g/mol. The number of nitrogens with zero attached hydrogens (tertiary/aromatic N) is 1. The Kier molecular flexibility index (Phi) is 6.40. The van der Waals surface area contributed by atoms with Gasteiger partial charge in [0, 0.05) is 13.1 Å². The number of carbonyl (C=O) groups is 2. The molecule has 1 saturated heterocycles. The standard InChI is InChI=1S/C28H30N2O2/c1-21-8-7-9-22(18-21)19-26(31)30-16-14-28(15-17-30,27(29)32)20-24-12-5-6-13-25(24)23-10-3-2-4-11-23/h2-13,18H,14-17,19-20H2,1H3,(H2,29,32). The highest BCUT2D eigenvalue weighted by Gasteiger charge is 2.41.